The lowest BCUT2D eigenvalue weighted by Crippen LogP contribution is -2.05. The Hall–Kier alpha value is -1.74. The van der Waals surface area contributed by atoms with Gasteiger partial charge in [-0.05, 0) is 17.7 Å². The lowest BCUT2D eigenvalue weighted by atomic mass is 10.1. The second kappa shape index (κ2) is 7.15. The van der Waals surface area contributed by atoms with Gasteiger partial charge in [-0.1, -0.05) is 65.0 Å². The van der Waals surface area contributed by atoms with Crippen molar-refractivity contribution in [2.45, 2.75) is 6.10 Å². The largest absolute Gasteiger partial charge is 0.497 e. The van der Waals surface area contributed by atoms with Crippen LogP contribution in [0.1, 0.15) is 17.2 Å². The molecule has 0 saturated carbocycles. The van der Waals surface area contributed by atoms with Gasteiger partial charge in [-0.25, -0.2) is 0 Å². The van der Waals surface area contributed by atoms with Crippen LogP contribution in [0.2, 0.25) is 0 Å². The molecule has 2 aromatic carbocycles. The van der Waals surface area contributed by atoms with Gasteiger partial charge in [0, 0.05) is 10.9 Å². The molecule has 0 N–H and O–H groups in total. The first kappa shape index (κ1) is 14.7. The minimum absolute atomic E-state index is 0.0754. The van der Waals surface area contributed by atoms with Gasteiger partial charge in [-0.15, -0.1) is 0 Å². The quantitative estimate of drug-likeness (QED) is 0.557. The molecular weight excluding hydrogens is 316 g/mol. The molecule has 0 heterocycles. The second-order valence-corrected chi connectivity index (χ2v) is 4.97. The van der Waals surface area contributed by atoms with Gasteiger partial charge in [0.1, 0.15) is 17.6 Å². The van der Waals surface area contributed by atoms with Gasteiger partial charge >= 0.3 is 0 Å². The Morgan fingerprint density at radius 3 is 2.30 bits per heavy atom. The van der Waals surface area contributed by atoms with Crippen LogP contribution in [-0.2, 0) is 4.74 Å². The smallest absolute Gasteiger partial charge is 0.133 e. The van der Waals surface area contributed by atoms with Crippen LogP contribution >= 0.6 is 15.9 Å². The van der Waals surface area contributed by atoms with Crippen LogP contribution in [0.3, 0.4) is 0 Å². The Kier molecular flexibility index (Phi) is 5.24. The predicted octanol–water partition coefficient (Wildman–Crippen LogP) is 4.82. The maximum Gasteiger partial charge on any atom is 0.133 e. The second-order valence-electron chi connectivity index (χ2n) is 4.32. The molecule has 3 heteroatoms. The number of halogens is 1. The van der Waals surface area contributed by atoms with Crippen molar-refractivity contribution in [1.82, 2.24) is 0 Å². The van der Waals surface area contributed by atoms with E-state index in [1.807, 2.05) is 54.6 Å². The molecule has 0 radical (unpaired) electrons. The lowest BCUT2D eigenvalue weighted by molar-refractivity contribution is 0.195. The van der Waals surface area contributed by atoms with E-state index in [2.05, 4.69) is 22.5 Å². The van der Waals surface area contributed by atoms with Crippen LogP contribution in [0.5, 0.6) is 5.75 Å². The van der Waals surface area contributed by atoms with Gasteiger partial charge in [0.05, 0.1) is 7.11 Å². The Bertz CT molecular complexity index is 549. The van der Waals surface area contributed by atoms with E-state index in [-0.39, 0.29) is 6.10 Å². The third-order valence-electron chi connectivity index (χ3n) is 3.01. The fraction of sp³-hybridized carbons (Fsp3) is 0.176. The summed E-state index contributed by atoms with van der Waals surface area (Å²) in [6.45, 7) is 4.00. The summed E-state index contributed by atoms with van der Waals surface area (Å²) in [5, 5.41) is 0.700. The Balaban J connectivity index is 2.10. The molecule has 0 aromatic heterocycles. The SMILES string of the molecule is C=C(OC(CBr)c1ccc(OC)cc1)c1ccccc1. The van der Waals surface area contributed by atoms with Gasteiger partial charge in [0.15, 0.2) is 0 Å². The van der Waals surface area contributed by atoms with Gasteiger partial charge in [0.2, 0.25) is 0 Å². The van der Waals surface area contributed by atoms with Crippen molar-refractivity contribution in [2.24, 2.45) is 0 Å². The van der Waals surface area contributed by atoms with Crippen molar-refractivity contribution >= 4 is 21.7 Å². The number of hydrogen-bond acceptors (Lipinski definition) is 2. The molecule has 0 aliphatic rings. The minimum Gasteiger partial charge on any atom is -0.497 e. The highest BCUT2D eigenvalue weighted by Gasteiger charge is 2.13. The molecule has 104 valence electrons. The number of benzene rings is 2. The molecule has 2 nitrogen and oxygen atoms in total. The van der Waals surface area contributed by atoms with Crippen LogP contribution in [0.4, 0.5) is 0 Å². The van der Waals surface area contributed by atoms with Gasteiger partial charge < -0.3 is 9.47 Å². The van der Waals surface area contributed by atoms with E-state index >= 15 is 0 Å². The Labute approximate surface area is 128 Å². The molecule has 0 aliphatic heterocycles. The molecule has 0 aliphatic carbocycles. The monoisotopic (exact) mass is 332 g/mol. The number of hydrogen-bond donors (Lipinski definition) is 0. The van der Waals surface area contributed by atoms with E-state index in [1.54, 1.807) is 7.11 Å². The van der Waals surface area contributed by atoms with E-state index in [0.29, 0.717) is 11.1 Å². The first-order chi connectivity index (χ1) is 9.74. The highest BCUT2D eigenvalue weighted by molar-refractivity contribution is 9.09. The van der Waals surface area contributed by atoms with Gasteiger partial charge in [0.25, 0.3) is 0 Å². The zero-order chi connectivity index (χ0) is 14.4. The van der Waals surface area contributed by atoms with E-state index in [4.69, 9.17) is 9.47 Å². The zero-order valence-corrected chi connectivity index (χ0v) is 13.0. The van der Waals surface area contributed by atoms with Crippen LogP contribution in [-0.4, -0.2) is 12.4 Å². The maximum atomic E-state index is 5.96. The third-order valence-corrected chi connectivity index (χ3v) is 3.60. The van der Waals surface area contributed by atoms with Crippen LogP contribution in [0, 0.1) is 0 Å². The molecule has 0 amide bonds. The fourth-order valence-corrected chi connectivity index (χ4v) is 2.38. The summed E-state index contributed by atoms with van der Waals surface area (Å²) in [4.78, 5) is 0. The van der Waals surface area contributed by atoms with E-state index in [0.717, 1.165) is 16.9 Å². The molecule has 1 unspecified atom stereocenters. The van der Waals surface area contributed by atoms with Gasteiger partial charge in [-0.2, -0.15) is 0 Å². The summed E-state index contributed by atoms with van der Waals surface area (Å²) >= 11 is 3.49. The standard InChI is InChI=1S/C17H17BrO2/c1-13(14-6-4-3-5-7-14)20-17(12-18)15-8-10-16(19-2)11-9-15/h3-11,17H,1,12H2,2H3. The molecular formula is C17H17BrO2. The van der Waals surface area contributed by atoms with Crippen LogP contribution < -0.4 is 4.74 Å². The van der Waals surface area contributed by atoms with E-state index in [1.165, 1.54) is 0 Å². The van der Waals surface area contributed by atoms with Crippen molar-refractivity contribution in [3.8, 4) is 5.75 Å². The number of alkyl halides is 1. The first-order valence-electron chi connectivity index (χ1n) is 6.35. The molecule has 20 heavy (non-hydrogen) atoms. The molecule has 0 bridgehead atoms. The van der Waals surface area contributed by atoms with Crippen molar-refractivity contribution in [2.75, 3.05) is 12.4 Å². The van der Waals surface area contributed by atoms with Crippen LogP contribution in [0.25, 0.3) is 5.76 Å². The average molecular weight is 333 g/mol. The van der Waals surface area contributed by atoms with Gasteiger partial charge in [-0.3, -0.25) is 0 Å². The topological polar surface area (TPSA) is 18.5 Å². The van der Waals surface area contributed by atoms with Crippen molar-refractivity contribution < 1.29 is 9.47 Å². The number of rotatable bonds is 6. The lowest BCUT2D eigenvalue weighted by Gasteiger charge is -2.19. The zero-order valence-electron chi connectivity index (χ0n) is 11.4. The normalized spacial score (nSPS) is 11.7. The predicted molar refractivity (Wildman–Crippen MR) is 86.1 cm³/mol. The third kappa shape index (κ3) is 3.64. The van der Waals surface area contributed by atoms with Crippen molar-refractivity contribution in [3.05, 3.63) is 72.3 Å². The molecule has 2 rings (SSSR count). The highest BCUT2D eigenvalue weighted by Crippen LogP contribution is 2.27. The van der Waals surface area contributed by atoms with Crippen molar-refractivity contribution in [3.63, 3.8) is 0 Å². The maximum absolute atomic E-state index is 5.96. The van der Waals surface area contributed by atoms with E-state index < -0.39 is 0 Å². The summed E-state index contributed by atoms with van der Waals surface area (Å²) in [5.74, 6) is 1.51. The van der Waals surface area contributed by atoms with Crippen molar-refractivity contribution in [1.29, 1.82) is 0 Å². The average Bonchev–Trinajstić information content (AvgIpc) is 2.53. The summed E-state index contributed by atoms with van der Waals surface area (Å²) in [6, 6.07) is 17.8. The number of ether oxygens (including phenoxy) is 2. The molecule has 1 atom stereocenters. The minimum atomic E-state index is -0.0754. The van der Waals surface area contributed by atoms with Crippen LogP contribution in [0.15, 0.2) is 61.2 Å². The molecule has 2 aromatic rings. The summed E-state index contributed by atoms with van der Waals surface area (Å²) < 4.78 is 11.1. The summed E-state index contributed by atoms with van der Waals surface area (Å²) in [5.41, 5.74) is 2.08. The Morgan fingerprint density at radius 2 is 1.75 bits per heavy atom. The highest BCUT2D eigenvalue weighted by atomic mass is 79.9. The molecule has 0 spiro atoms. The summed E-state index contributed by atoms with van der Waals surface area (Å²) in [6.07, 6.45) is -0.0754. The molecule has 0 fully saturated rings. The Morgan fingerprint density at radius 1 is 1.10 bits per heavy atom. The number of methoxy groups -OCH3 is 1. The van der Waals surface area contributed by atoms with E-state index in [9.17, 15) is 0 Å². The fourth-order valence-electron chi connectivity index (χ4n) is 1.87. The molecule has 0 saturated heterocycles. The first-order valence-corrected chi connectivity index (χ1v) is 7.47. The summed E-state index contributed by atoms with van der Waals surface area (Å²) in [7, 11) is 1.66.